The van der Waals surface area contributed by atoms with Crippen molar-refractivity contribution in [2.45, 2.75) is 560 Å². The van der Waals surface area contributed by atoms with Crippen LogP contribution in [0.3, 0.4) is 0 Å². The molecule has 0 aliphatic heterocycles. The molecule has 23 unspecified atom stereocenters. The lowest BCUT2D eigenvalue weighted by Gasteiger charge is -2.55. The Morgan fingerprint density at radius 3 is 0.938 bits per heavy atom. The fraction of sp³-hybridized carbons (Fsp3) is 1.00. The summed E-state index contributed by atoms with van der Waals surface area (Å²) in [7, 11) is 0. The molecule has 36 rings (SSSR count). The van der Waals surface area contributed by atoms with Crippen molar-refractivity contribution in [1.29, 1.82) is 0 Å². The minimum Gasteiger partial charge on any atom is -0.0683 e. The predicted molar refractivity (Wildman–Crippen MR) is 563 cm³/mol. The van der Waals surface area contributed by atoms with E-state index < -0.39 is 0 Å². The van der Waals surface area contributed by atoms with Crippen molar-refractivity contribution in [3.05, 3.63) is 0 Å². The molecular weight excluding hydrogens is 1560 g/mol. The molecule has 748 valence electrons. The van der Waals surface area contributed by atoms with E-state index in [1.807, 2.05) is 13.8 Å². The molecule has 34 bridgehead atoms. The number of rotatable bonds is 2. The Bertz CT molecular complexity index is 3100. The molecule has 0 aromatic rings. The van der Waals surface area contributed by atoms with Crippen LogP contribution >= 0.6 is 0 Å². The first kappa shape index (κ1) is 101. The minimum absolute atomic E-state index is 0.752. The Morgan fingerprint density at radius 1 is 0.192 bits per heavy atom. The predicted octanol–water partition coefficient (Wildman–Crippen LogP) is 40.4. The molecule has 0 heterocycles. The first-order chi connectivity index (χ1) is 62.7. The Balaban J connectivity index is 0.0000000987. The van der Waals surface area contributed by atoms with Crippen LogP contribution < -0.4 is 0 Å². The van der Waals surface area contributed by atoms with E-state index in [0.717, 1.165) is 241 Å². The molecule has 130 heavy (non-hydrogen) atoms. The van der Waals surface area contributed by atoms with Crippen LogP contribution in [0, 0.1) is 258 Å². The Labute approximate surface area is 813 Å². The summed E-state index contributed by atoms with van der Waals surface area (Å²) in [6, 6.07) is 0. The molecule has 36 aliphatic rings. The molecule has 0 N–H and O–H groups in total. The van der Waals surface area contributed by atoms with Crippen molar-refractivity contribution in [3.8, 4) is 0 Å². The topological polar surface area (TPSA) is 0 Å². The summed E-state index contributed by atoms with van der Waals surface area (Å²) >= 11 is 0. The average molecular weight is 1790 g/mol. The van der Waals surface area contributed by atoms with Gasteiger partial charge in [-0.05, 0) is 522 Å². The van der Waals surface area contributed by atoms with Gasteiger partial charge in [-0.3, -0.25) is 0 Å². The number of fused-ring (bicyclic) bond motifs is 19. The van der Waals surface area contributed by atoms with Crippen molar-refractivity contribution < 1.29 is 0 Å². The van der Waals surface area contributed by atoms with E-state index in [1.54, 1.807) is 283 Å². The summed E-state index contributed by atoms with van der Waals surface area (Å²) in [6.07, 6.45) is 109. The van der Waals surface area contributed by atoms with Crippen LogP contribution in [-0.2, 0) is 0 Å². The molecule has 36 fully saturated rings. The van der Waals surface area contributed by atoms with Gasteiger partial charge in [-0.25, -0.2) is 0 Å². The third-order valence-corrected chi connectivity index (χ3v) is 49.4. The van der Waals surface area contributed by atoms with Crippen molar-refractivity contribution in [3.63, 3.8) is 0 Å². The van der Waals surface area contributed by atoms with Gasteiger partial charge in [0, 0.05) is 0 Å². The van der Waals surface area contributed by atoms with Gasteiger partial charge < -0.3 is 0 Å². The molecule has 0 aromatic carbocycles. The molecule has 0 radical (unpaired) electrons. The molecule has 0 aromatic heterocycles. The Morgan fingerprint density at radius 2 is 0.546 bits per heavy atom. The van der Waals surface area contributed by atoms with Crippen LogP contribution in [0.1, 0.15) is 560 Å². The lowest BCUT2D eigenvalue weighted by Crippen LogP contribution is -2.44. The van der Waals surface area contributed by atoms with Crippen LogP contribution in [-0.4, -0.2) is 0 Å². The summed E-state index contributed by atoms with van der Waals surface area (Å²) in [4.78, 5) is 0. The largest absolute Gasteiger partial charge is 0.0683 e. The first-order valence-electron chi connectivity index (χ1n) is 62.7. The fourth-order valence-corrected chi connectivity index (χ4v) is 42.8. The molecule has 0 heteroatoms. The quantitative estimate of drug-likeness (QED) is 0.259. The van der Waals surface area contributed by atoms with Crippen LogP contribution in [0.5, 0.6) is 0 Å². The minimum atomic E-state index is 0.752. The molecule has 36 aliphatic carbocycles. The zero-order chi connectivity index (χ0) is 90.6. The fourth-order valence-electron chi connectivity index (χ4n) is 42.8. The third-order valence-electron chi connectivity index (χ3n) is 49.4. The highest BCUT2D eigenvalue weighted by atomic mass is 14.6. The third kappa shape index (κ3) is 26.3. The second kappa shape index (κ2) is 46.2. The maximum atomic E-state index is 2.54. The van der Waals surface area contributed by atoms with E-state index in [0.29, 0.717) is 0 Å². The van der Waals surface area contributed by atoms with Crippen molar-refractivity contribution >= 4 is 0 Å². The normalized spacial score (nSPS) is 52.2. The summed E-state index contributed by atoms with van der Waals surface area (Å²) in [5, 5.41) is 0. The maximum absolute atomic E-state index is 2.54. The summed E-state index contributed by atoms with van der Waals surface area (Å²) in [5.41, 5.74) is 3.16. The lowest BCUT2D eigenvalue weighted by atomic mass is 9.50. The second-order valence-corrected chi connectivity index (χ2v) is 59.5. The highest BCUT2D eigenvalue weighted by Gasteiger charge is 2.56. The standard InChI is InChI=1S/2C12H22.2C11H18.2C10H16.3C10H18.4C8H14.C2H6/c1-3-10-6-11-5-4-9(2)12(7-10)8-11;1-3-10-7-11-5-4-6-12(2,8-10)9-11;1-11-5-8-2-9(6-11)4-10(3-8)7-11;1-7-10-3-8-2-9(5-10)6-11(7)4-8;1-10-5-7-2-8(6-10)4-9(10)3-7;1-6-8-2-7-3-9(5-8)10(6)4-7;1-10-6-2-4-9(8-10)5-3-7-10;1-8-9-4-2-5-10(8)7-3-6-9;1-8-5-6-9-3-2-4-10(8)7-9;1-6-2-7-4-8(3-6)5-7;2*1-6-4-7-2-3-8(6)5-7;1-2-8-5-3-7(1)4-6-8;1-2/h9-12H,3-8H2,1-2H3;10-11H,3-9H2,1-2H3;8-10H,2-7H2,1H3;7-11H,2-6H2,1H3;7-9H,2-6H2,1H3;6-10H,2-5H2,1H3;9H,2-8H2,1H3;2*8-10H,2-7H2,1H3;3*6-8H,2-5H2,1H3;7-8H,1-6H2;1-2H3. The van der Waals surface area contributed by atoms with Crippen LogP contribution in [0.25, 0.3) is 0 Å². The summed E-state index contributed by atoms with van der Waals surface area (Å²) < 4.78 is 0. The van der Waals surface area contributed by atoms with Gasteiger partial charge in [-0.15, -0.1) is 0 Å². The van der Waals surface area contributed by atoms with Gasteiger partial charge in [0.2, 0.25) is 0 Å². The SMILES string of the molecule is C1CC2CCC1CC2.CC.CC12CC3CC(CC(C3)C1)C2.CC12CC3CC(CC1C3)C2.CC12CCCC(CCC1)C2.CC1C2CC3CC(C2)C1C3.CC1C2CC3CC(C2)CC1C3.CC1C2CCCC1CCC2.CC1CC2CC(C1)C2.CC1CC2CCC1C2.CC1CC2CCC1C2.CC1CCC2CCCC1C2.CCC1CC2CCC(C)C(C1)C2.CCC1CC2CCCC(C)(C1)C2. The Hall–Kier alpha value is 0. The summed E-state index contributed by atoms with van der Waals surface area (Å²) in [6.45, 7) is 38.5. The molecular formula is C130H228. The van der Waals surface area contributed by atoms with Gasteiger partial charge in [0.05, 0.1) is 0 Å². The molecule has 0 amide bonds. The van der Waals surface area contributed by atoms with Crippen molar-refractivity contribution in [2.75, 3.05) is 0 Å². The highest BCUT2D eigenvalue weighted by molar-refractivity contribution is 5.07. The molecule has 0 nitrogen and oxygen atoms in total. The highest BCUT2D eigenvalue weighted by Crippen LogP contribution is 2.67. The number of hydrogen-bond acceptors (Lipinski definition) is 0. The van der Waals surface area contributed by atoms with E-state index in [9.17, 15) is 0 Å². The van der Waals surface area contributed by atoms with E-state index in [-0.39, 0.29) is 0 Å². The van der Waals surface area contributed by atoms with E-state index in [2.05, 4.69) is 96.9 Å². The van der Waals surface area contributed by atoms with Crippen LogP contribution in [0.4, 0.5) is 0 Å². The molecule has 0 spiro atoms. The zero-order valence-corrected chi connectivity index (χ0v) is 90.6. The van der Waals surface area contributed by atoms with Crippen molar-refractivity contribution in [1.82, 2.24) is 0 Å². The van der Waals surface area contributed by atoms with Gasteiger partial charge in [-0.2, -0.15) is 0 Å². The first-order valence-corrected chi connectivity index (χ1v) is 62.7. The molecule has 23 atom stereocenters. The smallest absolute Gasteiger partial charge is 0.0292 e. The zero-order valence-electron chi connectivity index (χ0n) is 90.6. The van der Waals surface area contributed by atoms with E-state index in [4.69, 9.17) is 0 Å². The summed E-state index contributed by atoms with van der Waals surface area (Å²) in [5.74, 6) is 45.0. The molecule has 0 saturated heterocycles. The molecule has 36 saturated carbocycles. The monoisotopic (exact) mass is 1790 g/mol. The van der Waals surface area contributed by atoms with Crippen molar-refractivity contribution in [2.24, 2.45) is 258 Å². The van der Waals surface area contributed by atoms with Gasteiger partial charge in [-0.1, -0.05) is 297 Å². The van der Waals surface area contributed by atoms with Crippen LogP contribution in [0.2, 0.25) is 0 Å². The number of hydrogen-bond donors (Lipinski definition) is 0. The Kier molecular flexibility index (Phi) is 36.0. The maximum Gasteiger partial charge on any atom is -0.0292 e. The van der Waals surface area contributed by atoms with E-state index >= 15 is 0 Å². The van der Waals surface area contributed by atoms with Gasteiger partial charge in [0.15, 0.2) is 0 Å². The average Bonchev–Trinajstić information content (AvgIpc) is 1.70. The second-order valence-electron chi connectivity index (χ2n) is 59.5. The lowest BCUT2D eigenvalue weighted by molar-refractivity contribution is -0.0411. The van der Waals surface area contributed by atoms with Gasteiger partial charge in [0.25, 0.3) is 0 Å². The van der Waals surface area contributed by atoms with Gasteiger partial charge >= 0.3 is 0 Å². The van der Waals surface area contributed by atoms with E-state index in [1.165, 1.54) is 185 Å². The van der Waals surface area contributed by atoms with Gasteiger partial charge in [0.1, 0.15) is 0 Å². The van der Waals surface area contributed by atoms with Crippen LogP contribution in [0.15, 0.2) is 0 Å².